The highest BCUT2D eigenvalue weighted by Gasteiger charge is 2.10. The zero-order valence-electron chi connectivity index (χ0n) is 13.2. The summed E-state index contributed by atoms with van der Waals surface area (Å²) in [7, 11) is -1.05. The number of rotatable bonds is 4. The van der Waals surface area contributed by atoms with Gasteiger partial charge >= 0.3 is 0 Å². The maximum atomic E-state index is 12.5. The van der Waals surface area contributed by atoms with E-state index in [0.717, 1.165) is 16.8 Å². The normalized spacial score (nSPS) is 11.7. The number of hydrogen-bond donors (Lipinski definition) is 1. The van der Waals surface area contributed by atoms with Crippen LogP contribution in [0.5, 0.6) is 0 Å². The molecule has 3 aromatic carbocycles. The summed E-state index contributed by atoms with van der Waals surface area (Å²) < 4.78 is 11.4. The molecule has 0 aromatic heterocycles. The fourth-order valence-electron chi connectivity index (χ4n) is 2.45. The van der Waals surface area contributed by atoms with E-state index in [1.165, 1.54) is 0 Å². The quantitative estimate of drug-likeness (QED) is 0.771. The van der Waals surface area contributed by atoms with Crippen LogP contribution in [0.25, 0.3) is 11.1 Å². The third-order valence-electron chi connectivity index (χ3n) is 3.71. The van der Waals surface area contributed by atoms with Gasteiger partial charge in [0.25, 0.3) is 5.91 Å². The fraction of sp³-hybridized carbons (Fsp3) is 0.0500. The minimum absolute atomic E-state index is 0.188. The molecule has 1 amide bonds. The van der Waals surface area contributed by atoms with E-state index in [4.69, 9.17) is 0 Å². The molecule has 0 saturated carbocycles. The second kappa shape index (κ2) is 7.23. The lowest BCUT2D eigenvalue weighted by atomic mass is 10.0. The molecule has 3 rings (SSSR count). The molecule has 0 radical (unpaired) electrons. The van der Waals surface area contributed by atoms with Crippen LogP contribution in [0, 0.1) is 0 Å². The zero-order chi connectivity index (χ0) is 16.9. The van der Waals surface area contributed by atoms with Crippen LogP contribution < -0.4 is 5.32 Å². The fourth-order valence-corrected chi connectivity index (χ4v) is 2.97. The summed E-state index contributed by atoms with van der Waals surface area (Å²) in [5.74, 6) is -0.188. The molecule has 0 aliphatic carbocycles. The molecule has 0 saturated heterocycles. The largest absolute Gasteiger partial charge is 0.321 e. The van der Waals surface area contributed by atoms with E-state index in [9.17, 15) is 9.00 Å². The van der Waals surface area contributed by atoms with Crippen molar-refractivity contribution in [1.29, 1.82) is 0 Å². The second-order valence-electron chi connectivity index (χ2n) is 5.34. The molecular weight excluding hydrogens is 318 g/mol. The Morgan fingerprint density at radius 3 is 2.12 bits per heavy atom. The molecule has 3 aromatic rings. The topological polar surface area (TPSA) is 46.2 Å². The second-order valence-corrected chi connectivity index (χ2v) is 6.72. The summed E-state index contributed by atoms with van der Waals surface area (Å²) in [5.41, 5.74) is 3.31. The lowest BCUT2D eigenvalue weighted by molar-refractivity contribution is 0.102. The zero-order valence-corrected chi connectivity index (χ0v) is 14.0. The van der Waals surface area contributed by atoms with Crippen LogP contribution in [-0.4, -0.2) is 16.4 Å². The van der Waals surface area contributed by atoms with Crippen LogP contribution in [0.3, 0.4) is 0 Å². The molecule has 4 heteroatoms. The predicted octanol–water partition coefficient (Wildman–Crippen LogP) is 4.34. The Bertz CT molecular complexity index is 874. The van der Waals surface area contributed by atoms with Gasteiger partial charge in [0.1, 0.15) is 0 Å². The summed E-state index contributed by atoms with van der Waals surface area (Å²) in [5, 5.41) is 2.96. The van der Waals surface area contributed by atoms with E-state index < -0.39 is 10.8 Å². The average molecular weight is 335 g/mol. The van der Waals surface area contributed by atoms with E-state index in [0.29, 0.717) is 10.5 Å². The van der Waals surface area contributed by atoms with E-state index in [1.807, 2.05) is 54.6 Å². The van der Waals surface area contributed by atoms with Crippen LogP contribution in [-0.2, 0) is 10.8 Å². The van der Waals surface area contributed by atoms with Crippen molar-refractivity contribution in [2.24, 2.45) is 0 Å². The van der Waals surface area contributed by atoms with Gasteiger partial charge in [-0.25, -0.2) is 0 Å². The molecule has 0 fully saturated rings. The van der Waals surface area contributed by atoms with Crippen LogP contribution >= 0.6 is 0 Å². The minimum Gasteiger partial charge on any atom is -0.321 e. The first-order valence-corrected chi connectivity index (χ1v) is 9.10. The molecule has 0 aliphatic rings. The summed E-state index contributed by atoms with van der Waals surface area (Å²) in [6.07, 6.45) is 1.62. The van der Waals surface area contributed by atoms with E-state index in [-0.39, 0.29) is 5.91 Å². The van der Waals surface area contributed by atoms with Gasteiger partial charge in [0, 0.05) is 38.8 Å². The first kappa shape index (κ1) is 16.1. The number of anilines is 1. The molecular formula is C20H17NO2S. The predicted molar refractivity (Wildman–Crippen MR) is 98.6 cm³/mol. The van der Waals surface area contributed by atoms with Gasteiger partial charge in [0.2, 0.25) is 0 Å². The first-order chi connectivity index (χ1) is 11.6. The van der Waals surface area contributed by atoms with Crippen molar-refractivity contribution in [3.05, 3.63) is 84.4 Å². The average Bonchev–Trinajstić information content (AvgIpc) is 2.63. The molecule has 0 heterocycles. The molecule has 120 valence electrons. The van der Waals surface area contributed by atoms with E-state index in [1.54, 1.807) is 30.5 Å². The van der Waals surface area contributed by atoms with Gasteiger partial charge in [-0.15, -0.1) is 0 Å². The van der Waals surface area contributed by atoms with Crippen molar-refractivity contribution in [3.8, 4) is 11.1 Å². The number of amides is 1. The lowest BCUT2D eigenvalue weighted by Crippen LogP contribution is -2.12. The number of carbonyl (C=O) groups is 1. The Kier molecular flexibility index (Phi) is 4.87. The third-order valence-corrected chi connectivity index (χ3v) is 4.64. The Labute approximate surface area is 143 Å². The summed E-state index contributed by atoms with van der Waals surface area (Å²) in [6, 6.07) is 24.4. The van der Waals surface area contributed by atoms with E-state index >= 15 is 0 Å². The van der Waals surface area contributed by atoms with Gasteiger partial charge < -0.3 is 5.32 Å². The third kappa shape index (κ3) is 3.60. The van der Waals surface area contributed by atoms with Crippen LogP contribution in [0.15, 0.2) is 83.8 Å². The standard InChI is InChI=1S/C20H17NO2S/c1-24(23)17-13-11-16(12-14-17)20(22)21-19-10-6-5-9-18(19)15-7-3-2-4-8-15/h2-14H,1H3,(H,21,22). The van der Waals surface area contributed by atoms with Gasteiger partial charge in [0.15, 0.2) is 0 Å². The Morgan fingerprint density at radius 1 is 0.833 bits per heavy atom. The Balaban J connectivity index is 1.86. The molecule has 0 bridgehead atoms. The van der Waals surface area contributed by atoms with Crippen LogP contribution in [0.1, 0.15) is 10.4 Å². The summed E-state index contributed by atoms with van der Waals surface area (Å²) in [4.78, 5) is 13.2. The molecule has 1 atom stereocenters. The van der Waals surface area contributed by atoms with Gasteiger partial charge in [-0.3, -0.25) is 9.00 Å². The molecule has 0 aliphatic heterocycles. The monoisotopic (exact) mass is 335 g/mol. The number of benzene rings is 3. The van der Waals surface area contributed by atoms with Crippen molar-refractivity contribution >= 4 is 22.4 Å². The van der Waals surface area contributed by atoms with Gasteiger partial charge in [0.05, 0.1) is 0 Å². The van der Waals surface area contributed by atoms with Crippen LogP contribution in [0.4, 0.5) is 5.69 Å². The Hall–Kier alpha value is -2.72. The van der Waals surface area contributed by atoms with Gasteiger partial charge in [-0.05, 0) is 35.9 Å². The molecule has 0 spiro atoms. The van der Waals surface area contributed by atoms with Crippen molar-refractivity contribution < 1.29 is 9.00 Å². The highest BCUT2D eigenvalue weighted by molar-refractivity contribution is 7.84. The van der Waals surface area contributed by atoms with Crippen molar-refractivity contribution in [3.63, 3.8) is 0 Å². The maximum absolute atomic E-state index is 12.5. The first-order valence-electron chi connectivity index (χ1n) is 7.54. The highest BCUT2D eigenvalue weighted by Crippen LogP contribution is 2.27. The SMILES string of the molecule is CS(=O)c1ccc(C(=O)Nc2ccccc2-c2ccccc2)cc1. The van der Waals surface area contributed by atoms with Crippen LogP contribution in [0.2, 0.25) is 0 Å². The number of hydrogen-bond acceptors (Lipinski definition) is 2. The van der Waals surface area contributed by atoms with Gasteiger partial charge in [-0.2, -0.15) is 0 Å². The minimum atomic E-state index is -1.05. The summed E-state index contributed by atoms with van der Waals surface area (Å²) in [6.45, 7) is 0. The Morgan fingerprint density at radius 2 is 1.46 bits per heavy atom. The smallest absolute Gasteiger partial charge is 0.255 e. The maximum Gasteiger partial charge on any atom is 0.255 e. The number of para-hydroxylation sites is 1. The van der Waals surface area contributed by atoms with Crippen molar-refractivity contribution in [2.45, 2.75) is 4.90 Å². The van der Waals surface area contributed by atoms with E-state index in [2.05, 4.69) is 5.32 Å². The summed E-state index contributed by atoms with van der Waals surface area (Å²) >= 11 is 0. The van der Waals surface area contributed by atoms with Gasteiger partial charge in [-0.1, -0.05) is 48.5 Å². The van der Waals surface area contributed by atoms with Crippen molar-refractivity contribution in [1.82, 2.24) is 0 Å². The molecule has 1 N–H and O–H groups in total. The molecule has 3 nitrogen and oxygen atoms in total. The number of carbonyl (C=O) groups excluding carboxylic acids is 1. The molecule has 24 heavy (non-hydrogen) atoms. The number of nitrogens with one attached hydrogen (secondary N) is 1. The molecule has 1 unspecified atom stereocenters. The highest BCUT2D eigenvalue weighted by atomic mass is 32.2. The van der Waals surface area contributed by atoms with Crippen molar-refractivity contribution in [2.75, 3.05) is 11.6 Å². The lowest BCUT2D eigenvalue weighted by Gasteiger charge is -2.11.